The second-order valence-corrected chi connectivity index (χ2v) is 3.53. The topological polar surface area (TPSA) is 21.3 Å². The fraction of sp³-hybridized carbons (Fsp3) is 1.00. The van der Waals surface area contributed by atoms with Crippen molar-refractivity contribution >= 4 is 0 Å². The van der Waals surface area contributed by atoms with Crippen LogP contribution in [0, 0.1) is 0 Å². The van der Waals surface area contributed by atoms with Gasteiger partial charge in [0.05, 0.1) is 12.7 Å². The molecule has 0 saturated heterocycles. The summed E-state index contributed by atoms with van der Waals surface area (Å²) in [6.07, 6.45) is 7.10. The molecule has 0 unspecified atom stereocenters. The molecule has 0 aromatic heterocycles. The number of ether oxygens (including phenoxy) is 1. The highest BCUT2D eigenvalue weighted by molar-refractivity contribution is 4.66. The highest BCUT2D eigenvalue weighted by atomic mass is 16.5. The molecule has 12 heavy (non-hydrogen) atoms. The van der Waals surface area contributed by atoms with Gasteiger partial charge in [0.25, 0.3) is 0 Å². The molecule has 1 rings (SSSR count). The van der Waals surface area contributed by atoms with Gasteiger partial charge in [-0.25, -0.2) is 0 Å². The van der Waals surface area contributed by atoms with Crippen molar-refractivity contribution in [2.24, 2.45) is 0 Å². The zero-order valence-corrected chi connectivity index (χ0v) is 8.14. The summed E-state index contributed by atoms with van der Waals surface area (Å²) in [5.41, 5.74) is 0. The molecule has 0 aromatic carbocycles. The molecular formula is C10H21NO. The third-order valence-electron chi connectivity index (χ3n) is 2.36. The highest BCUT2D eigenvalue weighted by Gasteiger charge is 2.14. The van der Waals surface area contributed by atoms with E-state index in [0.29, 0.717) is 6.10 Å². The lowest BCUT2D eigenvalue weighted by Gasteiger charge is -2.10. The highest BCUT2D eigenvalue weighted by Crippen LogP contribution is 2.20. The first-order valence-corrected chi connectivity index (χ1v) is 5.26. The maximum atomic E-state index is 5.69. The fourth-order valence-corrected chi connectivity index (χ4v) is 1.65. The standard InChI is InChI=1S/C10H21NO/c1-2-7-11-8-9-12-10-5-3-4-6-10/h10-11H,2-9H2,1H3. The Kier molecular flexibility index (Phi) is 5.37. The van der Waals surface area contributed by atoms with Crippen LogP contribution >= 0.6 is 0 Å². The normalized spacial score (nSPS) is 18.8. The molecule has 1 fully saturated rings. The number of rotatable bonds is 6. The molecule has 1 saturated carbocycles. The van der Waals surface area contributed by atoms with Crippen molar-refractivity contribution in [3.63, 3.8) is 0 Å². The van der Waals surface area contributed by atoms with Crippen LogP contribution < -0.4 is 5.32 Å². The largest absolute Gasteiger partial charge is 0.377 e. The summed E-state index contributed by atoms with van der Waals surface area (Å²) < 4.78 is 5.69. The van der Waals surface area contributed by atoms with Crippen LogP contribution in [0.1, 0.15) is 39.0 Å². The molecule has 2 heteroatoms. The summed E-state index contributed by atoms with van der Waals surface area (Å²) in [6.45, 7) is 5.22. The molecule has 0 amide bonds. The monoisotopic (exact) mass is 171 g/mol. The van der Waals surface area contributed by atoms with Gasteiger partial charge in [-0.1, -0.05) is 19.8 Å². The first kappa shape index (κ1) is 10.0. The Labute approximate surface area is 75.7 Å². The van der Waals surface area contributed by atoms with Crippen molar-refractivity contribution in [1.82, 2.24) is 5.32 Å². The summed E-state index contributed by atoms with van der Waals surface area (Å²) >= 11 is 0. The van der Waals surface area contributed by atoms with E-state index in [9.17, 15) is 0 Å². The molecule has 1 aliphatic carbocycles. The molecule has 0 bridgehead atoms. The maximum absolute atomic E-state index is 5.69. The molecule has 72 valence electrons. The Morgan fingerprint density at radius 2 is 2.00 bits per heavy atom. The molecule has 0 heterocycles. The average molecular weight is 171 g/mol. The molecule has 0 aliphatic heterocycles. The van der Waals surface area contributed by atoms with Crippen molar-refractivity contribution < 1.29 is 4.74 Å². The Morgan fingerprint density at radius 1 is 1.25 bits per heavy atom. The zero-order chi connectivity index (χ0) is 8.65. The van der Waals surface area contributed by atoms with Crippen molar-refractivity contribution in [3.05, 3.63) is 0 Å². The number of nitrogens with one attached hydrogen (secondary N) is 1. The van der Waals surface area contributed by atoms with Gasteiger partial charge < -0.3 is 10.1 Å². The summed E-state index contributed by atoms with van der Waals surface area (Å²) in [7, 11) is 0. The predicted octanol–water partition coefficient (Wildman–Crippen LogP) is 1.95. The van der Waals surface area contributed by atoms with Crippen LogP contribution in [-0.2, 0) is 4.74 Å². The van der Waals surface area contributed by atoms with Crippen LogP contribution in [0.5, 0.6) is 0 Å². The van der Waals surface area contributed by atoms with Crippen molar-refractivity contribution in [2.45, 2.75) is 45.1 Å². The van der Waals surface area contributed by atoms with Gasteiger partial charge in [-0.2, -0.15) is 0 Å². The van der Waals surface area contributed by atoms with E-state index in [1.165, 1.54) is 32.1 Å². The summed E-state index contributed by atoms with van der Waals surface area (Å²) in [5.74, 6) is 0. The lowest BCUT2D eigenvalue weighted by atomic mass is 10.3. The SMILES string of the molecule is CCCNCCOC1CCCC1. The second kappa shape index (κ2) is 6.44. The van der Waals surface area contributed by atoms with Gasteiger partial charge >= 0.3 is 0 Å². The minimum absolute atomic E-state index is 0.577. The van der Waals surface area contributed by atoms with Crippen LogP contribution in [0.15, 0.2) is 0 Å². The summed E-state index contributed by atoms with van der Waals surface area (Å²) in [4.78, 5) is 0. The fourth-order valence-electron chi connectivity index (χ4n) is 1.65. The molecule has 0 aromatic rings. The molecular weight excluding hydrogens is 150 g/mol. The first-order valence-electron chi connectivity index (χ1n) is 5.26. The third-order valence-corrected chi connectivity index (χ3v) is 2.36. The molecule has 0 radical (unpaired) electrons. The van der Waals surface area contributed by atoms with Gasteiger partial charge in [-0.05, 0) is 25.8 Å². The van der Waals surface area contributed by atoms with Gasteiger partial charge in [-0.15, -0.1) is 0 Å². The van der Waals surface area contributed by atoms with Gasteiger partial charge in [0.15, 0.2) is 0 Å². The lowest BCUT2D eigenvalue weighted by molar-refractivity contribution is 0.0605. The minimum atomic E-state index is 0.577. The Bertz CT molecular complexity index is 100. The Morgan fingerprint density at radius 3 is 2.67 bits per heavy atom. The molecule has 1 aliphatic rings. The van der Waals surface area contributed by atoms with Gasteiger partial charge in [-0.3, -0.25) is 0 Å². The van der Waals surface area contributed by atoms with Crippen LogP contribution in [0.25, 0.3) is 0 Å². The van der Waals surface area contributed by atoms with E-state index in [1.54, 1.807) is 0 Å². The van der Waals surface area contributed by atoms with E-state index in [-0.39, 0.29) is 0 Å². The van der Waals surface area contributed by atoms with E-state index in [4.69, 9.17) is 4.74 Å². The molecule has 0 atom stereocenters. The van der Waals surface area contributed by atoms with Gasteiger partial charge in [0.2, 0.25) is 0 Å². The summed E-state index contributed by atoms with van der Waals surface area (Å²) in [6, 6.07) is 0. The minimum Gasteiger partial charge on any atom is -0.377 e. The van der Waals surface area contributed by atoms with Gasteiger partial charge in [0.1, 0.15) is 0 Å². The number of hydrogen-bond acceptors (Lipinski definition) is 2. The van der Waals surface area contributed by atoms with Gasteiger partial charge in [0, 0.05) is 6.54 Å². The van der Waals surface area contributed by atoms with E-state index in [2.05, 4.69) is 12.2 Å². The van der Waals surface area contributed by atoms with Crippen molar-refractivity contribution in [3.8, 4) is 0 Å². The number of hydrogen-bond donors (Lipinski definition) is 1. The maximum Gasteiger partial charge on any atom is 0.0594 e. The molecule has 2 nitrogen and oxygen atoms in total. The smallest absolute Gasteiger partial charge is 0.0594 e. The Balaban J connectivity index is 1.81. The van der Waals surface area contributed by atoms with Crippen LogP contribution in [0.2, 0.25) is 0 Å². The predicted molar refractivity (Wildman–Crippen MR) is 51.4 cm³/mol. The van der Waals surface area contributed by atoms with Crippen LogP contribution in [0.3, 0.4) is 0 Å². The van der Waals surface area contributed by atoms with E-state index >= 15 is 0 Å². The first-order chi connectivity index (χ1) is 5.93. The zero-order valence-electron chi connectivity index (χ0n) is 8.14. The van der Waals surface area contributed by atoms with E-state index < -0.39 is 0 Å². The lowest BCUT2D eigenvalue weighted by Crippen LogP contribution is -2.22. The molecule has 1 N–H and O–H groups in total. The average Bonchev–Trinajstić information content (AvgIpc) is 2.57. The third kappa shape index (κ3) is 4.07. The van der Waals surface area contributed by atoms with Crippen LogP contribution in [-0.4, -0.2) is 25.8 Å². The Hall–Kier alpha value is -0.0800. The molecule has 0 spiro atoms. The quantitative estimate of drug-likeness (QED) is 0.617. The van der Waals surface area contributed by atoms with E-state index in [1.807, 2.05) is 0 Å². The van der Waals surface area contributed by atoms with Crippen molar-refractivity contribution in [1.29, 1.82) is 0 Å². The van der Waals surface area contributed by atoms with Crippen LogP contribution in [0.4, 0.5) is 0 Å². The summed E-state index contributed by atoms with van der Waals surface area (Å²) in [5, 5.41) is 3.33. The van der Waals surface area contributed by atoms with Crippen molar-refractivity contribution in [2.75, 3.05) is 19.7 Å². The van der Waals surface area contributed by atoms with E-state index in [0.717, 1.165) is 19.7 Å². The second-order valence-electron chi connectivity index (χ2n) is 3.53.